The third kappa shape index (κ3) is 1.83. The topological polar surface area (TPSA) is 86.1 Å². The number of para-hydroxylation sites is 1. The molecule has 0 saturated heterocycles. The lowest BCUT2D eigenvalue weighted by molar-refractivity contribution is 0.102. The van der Waals surface area contributed by atoms with E-state index in [-0.39, 0.29) is 5.91 Å². The Morgan fingerprint density at radius 1 is 1.42 bits per heavy atom. The lowest BCUT2D eigenvalue weighted by Gasteiger charge is -2.05. The summed E-state index contributed by atoms with van der Waals surface area (Å²) in [6.07, 6.45) is 2.93. The van der Waals surface area contributed by atoms with Gasteiger partial charge in [-0.15, -0.1) is 0 Å². The highest BCUT2D eigenvalue weighted by atomic mass is 16.3. The Hall–Kier alpha value is -2.76. The van der Waals surface area contributed by atoms with Crippen molar-refractivity contribution in [3.63, 3.8) is 0 Å². The van der Waals surface area contributed by atoms with Gasteiger partial charge in [0.2, 0.25) is 0 Å². The molecule has 0 spiro atoms. The molecule has 0 fully saturated rings. The summed E-state index contributed by atoms with van der Waals surface area (Å²) < 4.78 is 6.84. The summed E-state index contributed by atoms with van der Waals surface area (Å²) in [5.41, 5.74) is 7.29. The molecule has 1 aromatic carbocycles. The number of rotatable bonds is 2. The molecule has 2 aromatic heterocycles. The first kappa shape index (κ1) is 11.3. The van der Waals surface area contributed by atoms with E-state index in [0.29, 0.717) is 22.7 Å². The van der Waals surface area contributed by atoms with E-state index in [2.05, 4.69) is 10.4 Å². The molecular weight excluding hydrogens is 244 g/mol. The molecule has 0 bridgehead atoms. The van der Waals surface area contributed by atoms with Gasteiger partial charge in [0.25, 0.3) is 5.91 Å². The molecule has 3 aromatic rings. The molecule has 19 heavy (non-hydrogen) atoms. The highest BCUT2D eigenvalue weighted by molar-refractivity contribution is 6.12. The highest BCUT2D eigenvalue weighted by Crippen LogP contribution is 2.23. The number of anilines is 2. The fourth-order valence-corrected chi connectivity index (χ4v) is 1.94. The quantitative estimate of drug-likeness (QED) is 0.734. The van der Waals surface area contributed by atoms with Crippen LogP contribution in [0.15, 0.2) is 41.1 Å². The van der Waals surface area contributed by atoms with Crippen molar-refractivity contribution < 1.29 is 9.21 Å². The number of nitrogens with one attached hydrogen (secondary N) is 1. The third-order valence-electron chi connectivity index (χ3n) is 2.92. The van der Waals surface area contributed by atoms with Gasteiger partial charge >= 0.3 is 0 Å². The number of nitrogens with zero attached hydrogens (tertiary/aromatic N) is 2. The largest absolute Gasteiger partial charge is 0.463 e. The molecule has 0 aliphatic heterocycles. The average Bonchev–Trinajstić information content (AvgIpc) is 2.97. The minimum atomic E-state index is -0.278. The van der Waals surface area contributed by atoms with Crippen LogP contribution in [0.3, 0.4) is 0 Å². The van der Waals surface area contributed by atoms with Crippen LogP contribution in [-0.4, -0.2) is 15.7 Å². The number of nitrogens with two attached hydrogens (primary N) is 1. The second-order valence-corrected chi connectivity index (χ2v) is 4.17. The molecule has 3 N–H and O–H groups in total. The first-order valence-electron chi connectivity index (χ1n) is 5.72. The van der Waals surface area contributed by atoms with Crippen molar-refractivity contribution in [2.75, 3.05) is 11.1 Å². The standard InChI is InChI=1S/C13H12N4O2/c1-17-12(10(14)6-15-17)16-13(18)9-7-19-11-5-3-2-4-8(9)11/h2-7H,14H2,1H3,(H,16,18). The normalized spacial score (nSPS) is 10.8. The Kier molecular flexibility index (Phi) is 2.49. The van der Waals surface area contributed by atoms with Crippen molar-refractivity contribution in [2.45, 2.75) is 0 Å². The summed E-state index contributed by atoms with van der Waals surface area (Å²) in [4.78, 5) is 12.2. The molecule has 1 amide bonds. The Balaban J connectivity index is 1.97. The zero-order valence-electron chi connectivity index (χ0n) is 10.3. The van der Waals surface area contributed by atoms with Gasteiger partial charge < -0.3 is 15.5 Å². The fraction of sp³-hybridized carbons (Fsp3) is 0.0769. The summed E-state index contributed by atoms with van der Waals surface area (Å²) in [7, 11) is 1.71. The summed E-state index contributed by atoms with van der Waals surface area (Å²) >= 11 is 0. The van der Waals surface area contributed by atoms with Gasteiger partial charge in [0, 0.05) is 12.4 Å². The van der Waals surface area contributed by atoms with Gasteiger partial charge in [0.1, 0.15) is 11.8 Å². The zero-order valence-corrected chi connectivity index (χ0v) is 10.3. The second-order valence-electron chi connectivity index (χ2n) is 4.17. The molecule has 3 rings (SSSR count). The highest BCUT2D eigenvalue weighted by Gasteiger charge is 2.16. The minimum Gasteiger partial charge on any atom is -0.463 e. The first-order chi connectivity index (χ1) is 9.16. The van der Waals surface area contributed by atoms with Crippen molar-refractivity contribution >= 4 is 28.4 Å². The third-order valence-corrected chi connectivity index (χ3v) is 2.92. The lowest BCUT2D eigenvalue weighted by atomic mass is 10.1. The van der Waals surface area contributed by atoms with Crippen molar-refractivity contribution in [3.8, 4) is 0 Å². The SMILES string of the molecule is Cn1ncc(N)c1NC(=O)c1coc2ccccc12. The molecule has 0 aliphatic rings. The number of nitrogen functional groups attached to an aromatic ring is 1. The molecule has 0 unspecified atom stereocenters. The van der Waals surface area contributed by atoms with Crippen LogP contribution in [0.2, 0.25) is 0 Å². The molecule has 0 radical (unpaired) electrons. The van der Waals surface area contributed by atoms with Crippen LogP contribution in [0.5, 0.6) is 0 Å². The summed E-state index contributed by atoms with van der Waals surface area (Å²) in [5, 5.41) is 7.46. The zero-order chi connectivity index (χ0) is 13.4. The van der Waals surface area contributed by atoms with Crippen LogP contribution >= 0.6 is 0 Å². The number of hydrogen-bond acceptors (Lipinski definition) is 4. The van der Waals surface area contributed by atoms with E-state index in [1.807, 2.05) is 24.3 Å². The number of carbonyl (C=O) groups is 1. The van der Waals surface area contributed by atoms with E-state index < -0.39 is 0 Å². The van der Waals surface area contributed by atoms with Gasteiger partial charge in [-0.25, -0.2) is 0 Å². The molecule has 2 heterocycles. The van der Waals surface area contributed by atoms with E-state index in [9.17, 15) is 4.79 Å². The molecule has 0 saturated carbocycles. The van der Waals surface area contributed by atoms with Crippen LogP contribution in [0, 0.1) is 0 Å². The molecule has 6 heteroatoms. The smallest absolute Gasteiger partial charge is 0.260 e. The van der Waals surface area contributed by atoms with E-state index in [4.69, 9.17) is 10.2 Å². The molecule has 6 nitrogen and oxygen atoms in total. The van der Waals surface area contributed by atoms with Gasteiger partial charge in [0.05, 0.1) is 17.4 Å². The lowest BCUT2D eigenvalue weighted by Crippen LogP contribution is -2.15. The van der Waals surface area contributed by atoms with Crippen molar-refractivity contribution in [1.29, 1.82) is 0 Å². The van der Waals surface area contributed by atoms with Crippen molar-refractivity contribution in [1.82, 2.24) is 9.78 Å². The van der Waals surface area contributed by atoms with E-state index in [1.165, 1.54) is 17.1 Å². The first-order valence-corrected chi connectivity index (χ1v) is 5.72. The summed E-state index contributed by atoms with van der Waals surface area (Å²) in [5.74, 6) is 0.190. The Labute approximate surface area is 108 Å². The van der Waals surface area contributed by atoms with Gasteiger partial charge in [-0.05, 0) is 6.07 Å². The van der Waals surface area contributed by atoms with Gasteiger partial charge in [-0.3, -0.25) is 9.48 Å². The average molecular weight is 256 g/mol. The maximum Gasteiger partial charge on any atom is 0.260 e. The Morgan fingerprint density at radius 2 is 2.21 bits per heavy atom. The summed E-state index contributed by atoms with van der Waals surface area (Å²) in [6.45, 7) is 0. The van der Waals surface area contributed by atoms with Gasteiger partial charge in [-0.1, -0.05) is 18.2 Å². The van der Waals surface area contributed by atoms with Crippen LogP contribution < -0.4 is 11.1 Å². The molecule has 0 atom stereocenters. The number of aromatic nitrogens is 2. The van der Waals surface area contributed by atoms with Crippen LogP contribution in [0.4, 0.5) is 11.5 Å². The number of amides is 1. The number of benzene rings is 1. The van der Waals surface area contributed by atoms with Crippen LogP contribution in [-0.2, 0) is 7.05 Å². The number of aryl methyl sites for hydroxylation is 1. The van der Waals surface area contributed by atoms with Gasteiger partial charge in [0.15, 0.2) is 5.82 Å². The van der Waals surface area contributed by atoms with E-state index >= 15 is 0 Å². The van der Waals surface area contributed by atoms with Crippen molar-refractivity contribution in [3.05, 3.63) is 42.3 Å². The Morgan fingerprint density at radius 3 is 2.95 bits per heavy atom. The summed E-state index contributed by atoms with van der Waals surface area (Å²) in [6, 6.07) is 7.35. The van der Waals surface area contributed by atoms with E-state index in [0.717, 1.165) is 5.39 Å². The predicted octanol–water partition coefficient (Wildman–Crippen LogP) is 2.00. The van der Waals surface area contributed by atoms with E-state index in [1.54, 1.807) is 7.05 Å². The maximum absolute atomic E-state index is 12.2. The van der Waals surface area contributed by atoms with Crippen LogP contribution in [0.25, 0.3) is 11.0 Å². The number of fused-ring (bicyclic) bond motifs is 1. The number of carbonyl (C=O) groups excluding carboxylic acids is 1. The maximum atomic E-state index is 12.2. The minimum absolute atomic E-state index is 0.278. The molecule has 96 valence electrons. The predicted molar refractivity (Wildman–Crippen MR) is 71.8 cm³/mol. The monoisotopic (exact) mass is 256 g/mol. The van der Waals surface area contributed by atoms with Gasteiger partial charge in [-0.2, -0.15) is 5.10 Å². The molecule has 0 aliphatic carbocycles. The number of furan rings is 1. The van der Waals surface area contributed by atoms with Crippen molar-refractivity contribution in [2.24, 2.45) is 7.05 Å². The fourth-order valence-electron chi connectivity index (χ4n) is 1.94. The molecular formula is C13H12N4O2. The second kappa shape index (κ2) is 4.16. The van der Waals surface area contributed by atoms with Crippen LogP contribution in [0.1, 0.15) is 10.4 Å². The number of hydrogen-bond donors (Lipinski definition) is 2. The Bertz CT molecular complexity index is 737.